The van der Waals surface area contributed by atoms with Gasteiger partial charge in [-0.1, -0.05) is 18.6 Å². The van der Waals surface area contributed by atoms with Crippen molar-refractivity contribution in [3.05, 3.63) is 29.3 Å². The van der Waals surface area contributed by atoms with Crippen LogP contribution in [-0.4, -0.2) is 64.1 Å². The van der Waals surface area contributed by atoms with Gasteiger partial charge in [-0.3, -0.25) is 9.69 Å². The Hall–Kier alpha value is -1.50. The van der Waals surface area contributed by atoms with Gasteiger partial charge in [0.15, 0.2) is 0 Å². The molecule has 1 N–H and O–H groups in total. The topological polar surface area (TPSA) is 56.7 Å². The normalized spacial score (nSPS) is 30.4. The molecule has 0 saturated carbocycles. The van der Waals surface area contributed by atoms with E-state index in [0.717, 1.165) is 36.6 Å². The molecule has 3 aliphatic rings. The zero-order valence-electron chi connectivity index (χ0n) is 16.3. The van der Waals surface area contributed by atoms with Gasteiger partial charge in [-0.05, 0) is 49.8 Å². The van der Waals surface area contributed by atoms with Crippen LogP contribution in [-0.2, 0) is 11.2 Å². The number of carbonyl (C=O) groups excluding carboxylic acids is 1. The lowest BCUT2D eigenvalue weighted by atomic mass is 9.72. The smallest absolute Gasteiger partial charge is 0.223 e. The van der Waals surface area contributed by atoms with Crippen LogP contribution in [0.4, 0.5) is 0 Å². The third-order valence-electron chi connectivity index (χ3n) is 7.05. The lowest BCUT2D eigenvalue weighted by Crippen LogP contribution is -2.65. The maximum atomic E-state index is 13.0. The van der Waals surface area contributed by atoms with Crippen molar-refractivity contribution in [2.75, 3.05) is 26.2 Å². The highest BCUT2D eigenvalue weighted by atomic mass is 32.1. The summed E-state index contributed by atoms with van der Waals surface area (Å²) in [5.41, 5.74) is 1.03. The van der Waals surface area contributed by atoms with Crippen molar-refractivity contribution in [3.63, 3.8) is 0 Å². The summed E-state index contributed by atoms with van der Waals surface area (Å²) in [7, 11) is 0. The number of likely N-dealkylation sites (tertiary alicyclic amines) is 1. The zero-order valence-corrected chi connectivity index (χ0v) is 17.1. The number of thiazole rings is 1. The van der Waals surface area contributed by atoms with Crippen LogP contribution in [0.15, 0.2) is 24.3 Å². The number of fused-ring (bicyclic) bond motifs is 5. The van der Waals surface area contributed by atoms with E-state index in [1.165, 1.54) is 30.4 Å². The number of hydrogen-bond acceptors (Lipinski definition) is 5. The van der Waals surface area contributed by atoms with Gasteiger partial charge in [0.1, 0.15) is 0 Å². The van der Waals surface area contributed by atoms with Gasteiger partial charge in [0.05, 0.1) is 21.8 Å². The first-order valence-electron chi connectivity index (χ1n) is 10.7. The van der Waals surface area contributed by atoms with Crippen LogP contribution in [0.2, 0.25) is 0 Å². The molecule has 3 fully saturated rings. The molecule has 3 saturated heterocycles. The minimum atomic E-state index is 0.224. The molecule has 5 rings (SSSR count). The van der Waals surface area contributed by atoms with E-state index in [1.807, 2.05) is 18.2 Å². The minimum absolute atomic E-state index is 0.224. The molecule has 0 unspecified atom stereocenters. The SMILES string of the molecule is O=C(CCc1nc2ccccc2s1)N1C[C@H]2C[C@@H](C1)[C@H](CO)N1CCCC[C@@H]21. The highest BCUT2D eigenvalue weighted by Gasteiger charge is 2.47. The Balaban J connectivity index is 1.25. The van der Waals surface area contributed by atoms with E-state index in [0.29, 0.717) is 24.3 Å². The molecule has 1 aromatic carbocycles. The first-order valence-corrected chi connectivity index (χ1v) is 11.5. The average Bonchev–Trinajstić information content (AvgIpc) is 3.15. The van der Waals surface area contributed by atoms with E-state index in [9.17, 15) is 9.90 Å². The summed E-state index contributed by atoms with van der Waals surface area (Å²) in [6, 6.07) is 8.97. The molecular weight excluding hydrogens is 370 g/mol. The number of rotatable bonds is 4. The van der Waals surface area contributed by atoms with Gasteiger partial charge in [-0.25, -0.2) is 4.98 Å². The number of piperidine rings is 3. The van der Waals surface area contributed by atoms with Crippen molar-refractivity contribution < 1.29 is 9.90 Å². The highest BCUT2D eigenvalue weighted by molar-refractivity contribution is 7.18. The van der Waals surface area contributed by atoms with Crippen LogP contribution < -0.4 is 0 Å². The highest BCUT2D eigenvalue weighted by Crippen LogP contribution is 2.41. The third-order valence-corrected chi connectivity index (χ3v) is 8.15. The molecule has 0 aliphatic carbocycles. The monoisotopic (exact) mass is 399 g/mol. The fourth-order valence-corrected chi connectivity index (χ4v) is 6.73. The molecule has 1 amide bonds. The Labute approximate surface area is 170 Å². The van der Waals surface area contributed by atoms with Gasteiger partial charge in [-0.2, -0.15) is 0 Å². The molecule has 0 spiro atoms. The van der Waals surface area contributed by atoms with Crippen LogP contribution in [0.3, 0.4) is 0 Å². The van der Waals surface area contributed by atoms with Crippen LogP contribution in [0.25, 0.3) is 10.2 Å². The molecule has 4 heterocycles. The molecule has 6 heteroatoms. The quantitative estimate of drug-likeness (QED) is 0.859. The first-order chi connectivity index (χ1) is 13.7. The summed E-state index contributed by atoms with van der Waals surface area (Å²) in [6.07, 6.45) is 6.19. The van der Waals surface area contributed by atoms with E-state index < -0.39 is 0 Å². The van der Waals surface area contributed by atoms with E-state index in [1.54, 1.807) is 11.3 Å². The molecule has 5 nitrogen and oxygen atoms in total. The number of hydrogen-bond donors (Lipinski definition) is 1. The number of para-hydroxylation sites is 1. The molecule has 28 heavy (non-hydrogen) atoms. The molecule has 2 bridgehead atoms. The van der Waals surface area contributed by atoms with Crippen molar-refractivity contribution in [2.24, 2.45) is 11.8 Å². The van der Waals surface area contributed by atoms with E-state index >= 15 is 0 Å². The van der Waals surface area contributed by atoms with Crippen molar-refractivity contribution in [3.8, 4) is 0 Å². The summed E-state index contributed by atoms with van der Waals surface area (Å²) in [6.45, 7) is 3.05. The number of aliphatic hydroxyl groups is 1. The summed E-state index contributed by atoms with van der Waals surface area (Å²) in [4.78, 5) is 22.3. The molecular formula is C22H29N3O2S. The summed E-state index contributed by atoms with van der Waals surface area (Å²) < 4.78 is 1.20. The van der Waals surface area contributed by atoms with Gasteiger partial charge < -0.3 is 10.0 Å². The van der Waals surface area contributed by atoms with E-state index in [-0.39, 0.29) is 18.6 Å². The second-order valence-electron chi connectivity index (χ2n) is 8.68. The molecule has 1 aromatic heterocycles. The van der Waals surface area contributed by atoms with Gasteiger partial charge in [0, 0.05) is 38.0 Å². The zero-order chi connectivity index (χ0) is 19.1. The number of carbonyl (C=O) groups is 1. The predicted molar refractivity (Wildman–Crippen MR) is 111 cm³/mol. The van der Waals surface area contributed by atoms with Gasteiger partial charge in [0.25, 0.3) is 0 Å². The van der Waals surface area contributed by atoms with Crippen molar-refractivity contribution in [1.29, 1.82) is 0 Å². The number of amides is 1. The lowest BCUT2D eigenvalue weighted by molar-refractivity contribution is -0.142. The molecule has 4 atom stereocenters. The largest absolute Gasteiger partial charge is 0.395 e. The summed E-state index contributed by atoms with van der Waals surface area (Å²) >= 11 is 1.70. The standard InChI is InChI=1S/C22H29N3O2S/c26-14-19-16-11-15(18-6-3-4-10-25(18)19)12-24(13-16)22(27)9-8-21-23-17-5-1-2-7-20(17)28-21/h1-2,5,7,15-16,18-19,26H,3-4,6,8-14H2/t15-,16+,18+,19+/m1/s1. The van der Waals surface area contributed by atoms with Crippen molar-refractivity contribution in [1.82, 2.24) is 14.8 Å². The van der Waals surface area contributed by atoms with E-state index in [2.05, 4.69) is 20.9 Å². The Morgan fingerprint density at radius 3 is 2.93 bits per heavy atom. The maximum Gasteiger partial charge on any atom is 0.223 e. The summed E-state index contributed by atoms with van der Waals surface area (Å²) in [5, 5.41) is 11.1. The molecule has 0 radical (unpaired) electrons. The Kier molecular flexibility index (Phi) is 5.11. The van der Waals surface area contributed by atoms with Crippen LogP contribution in [0.5, 0.6) is 0 Å². The number of benzene rings is 1. The fraction of sp³-hybridized carbons (Fsp3) is 0.636. The third kappa shape index (κ3) is 3.36. The van der Waals surface area contributed by atoms with Gasteiger partial charge in [0.2, 0.25) is 5.91 Å². The fourth-order valence-electron chi connectivity index (χ4n) is 5.76. The second kappa shape index (κ2) is 7.73. The molecule has 150 valence electrons. The number of aliphatic hydroxyl groups excluding tert-OH is 1. The Morgan fingerprint density at radius 2 is 2.07 bits per heavy atom. The second-order valence-corrected chi connectivity index (χ2v) is 9.80. The maximum absolute atomic E-state index is 13.0. The summed E-state index contributed by atoms with van der Waals surface area (Å²) in [5.74, 6) is 1.26. The minimum Gasteiger partial charge on any atom is -0.395 e. The van der Waals surface area contributed by atoms with Crippen molar-refractivity contribution in [2.45, 2.75) is 50.6 Å². The van der Waals surface area contributed by atoms with Crippen LogP contribution in [0, 0.1) is 11.8 Å². The molecule has 3 aliphatic heterocycles. The Morgan fingerprint density at radius 1 is 1.21 bits per heavy atom. The number of nitrogens with zero attached hydrogens (tertiary/aromatic N) is 3. The van der Waals surface area contributed by atoms with E-state index in [4.69, 9.17) is 0 Å². The predicted octanol–water partition coefficient (Wildman–Crippen LogP) is 2.92. The van der Waals surface area contributed by atoms with Gasteiger partial charge >= 0.3 is 0 Å². The van der Waals surface area contributed by atoms with Crippen LogP contribution >= 0.6 is 11.3 Å². The number of aromatic nitrogens is 1. The van der Waals surface area contributed by atoms with Gasteiger partial charge in [-0.15, -0.1) is 11.3 Å². The molecule has 2 aromatic rings. The number of aryl methyl sites for hydroxylation is 1. The van der Waals surface area contributed by atoms with Crippen LogP contribution in [0.1, 0.15) is 37.1 Å². The lowest BCUT2D eigenvalue weighted by Gasteiger charge is -2.56. The average molecular weight is 400 g/mol. The Bertz CT molecular complexity index is 806. The van der Waals surface area contributed by atoms with Crippen molar-refractivity contribution >= 4 is 27.5 Å². The first kappa shape index (κ1) is 18.5.